The van der Waals surface area contributed by atoms with Crippen LogP contribution in [0.2, 0.25) is 5.02 Å². The number of piperidine rings is 3. The van der Waals surface area contributed by atoms with E-state index in [0.29, 0.717) is 45.6 Å². The number of hydrogen-bond donors (Lipinski definition) is 1. The van der Waals surface area contributed by atoms with Crippen LogP contribution >= 0.6 is 11.6 Å². The maximum Gasteiger partial charge on any atom is 0.264 e. The summed E-state index contributed by atoms with van der Waals surface area (Å²) < 4.78 is 2.03. The molecule has 1 spiro atoms. The lowest BCUT2D eigenvalue weighted by atomic mass is 9.71. The summed E-state index contributed by atoms with van der Waals surface area (Å²) in [6.45, 7) is 8.74. The number of fused-ring (bicyclic) bond motifs is 2. The first kappa shape index (κ1) is 40.3. The summed E-state index contributed by atoms with van der Waals surface area (Å²) in [5.74, 6) is 7.28. The first-order valence-electron chi connectivity index (χ1n) is 22.2. The average molecular weight is 848 g/mol. The van der Waals surface area contributed by atoms with E-state index in [1.54, 1.807) is 12.1 Å². The van der Waals surface area contributed by atoms with Crippen molar-refractivity contribution in [1.29, 1.82) is 5.26 Å². The van der Waals surface area contributed by atoms with Gasteiger partial charge in [0.25, 0.3) is 11.8 Å². The molecule has 3 aromatic carbocycles. The van der Waals surface area contributed by atoms with E-state index in [9.17, 15) is 24.4 Å². The van der Waals surface area contributed by atoms with Crippen LogP contribution in [0.5, 0.6) is 0 Å². The van der Waals surface area contributed by atoms with Crippen LogP contribution in [-0.2, 0) is 16.1 Å². The Bertz CT molecular complexity index is 2620. The summed E-state index contributed by atoms with van der Waals surface area (Å²) in [6, 6.07) is 21.3. The van der Waals surface area contributed by atoms with Gasteiger partial charge in [-0.05, 0) is 143 Å². The SMILES string of the molecule is Cc1c(-c2ccc(C#N)c(Cl)c2)nn(Cc2ccc(C#C[C@H]3CC[C@H]4C(C3)C4N3CCC4(CCN(c5cccc6c5C(=O)N(C5CCC(=O)NC5=O)C6=O)CC4)CC3)cc2)c1C. The maximum atomic E-state index is 13.7. The van der Waals surface area contributed by atoms with Crippen LogP contribution in [0.4, 0.5) is 5.69 Å². The standard InChI is InChI=1S/C50H50ClN7O4/c1-30-31(2)57(54-45(30)35-13-14-36(28-52)40(51)27-35)29-34-10-7-32(8-11-34)6-9-33-12-15-37-39(26-33)46(37)56-24-20-50(21-25-56)18-22-55(23-19-50)41-5-3-4-38-44(41)49(62)58(48(38)61)42-16-17-43(59)53-47(42)60/h3-5,7-8,10-11,13-14,27,33,37,39,42,46H,12,15-26,29H2,1-2H3,(H,53,59,60)/t33-,37-,39?,42?,46?/m0/s1. The molecule has 0 bridgehead atoms. The highest BCUT2D eigenvalue weighted by Crippen LogP contribution is 2.56. The third-order valence-electron chi connectivity index (χ3n) is 15.2. The molecular formula is C50H50ClN7O4. The Hall–Kier alpha value is -5.75. The third kappa shape index (κ3) is 7.19. The molecule has 1 N–H and O–H groups in total. The molecule has 4 amide bonds. The fourth-order valence-corrected chi connectivity index (χ4v) is 11.5. The number of imide groups is 2. The summed E-state index contributed by atoms with van der Waals surface area (Å²) in [5.41, 5.74) is 8.44. The number of nitriles is 1. The van der Waals surface area contributed by atoms with E-state index < -0.39 is 23.8 Å². The Morgan fingerprint density at radius 1 is 0.887 bits per heavy atom. The topological polar surface area (TPSA) is 132 Å². The molecule has 5 atom stereocenters. The zero-order valence-electron chi connectivity index (χ0n) is 35.3. The van der Waals surface area contributed by atoms with Gasteiger partial charge in [0.1, 0.15) is 12.1 Å². The van der Waals surface area contributed by atoms with Crippen molar-refractivity contribution < 1.29 is 19.2 Å². The minimum atomic E-state index is -0.963. The van der Waals surface area contributed by atoms with E-state index in [0.717, 1.165) is 95.1 Å². The van der Waals surface area contributed by atoms with Crippen molar-refractivity contribution in [1.82, 2.24) is 24.9 Å². The number of carbonyl (C=O) groups excluding carboxylic acids is 4. The van der Waals surface area contributed by atoms with Gasteiger partial charge in [-0.1, -0.05) is 47.7 Å². The van der Waals surface area contributed by atoms with Gasteiger partial charge in [0.2, 0.25) is 11.8 Å². The van der Waals surface area contributed by atoms with Gasteiger partial charge in [-0.3, -0.25) is 39.0 Å². The molecule has 12 heteroatoms. The molecule has 0 radical (unpaired) electrons. The number of hydrogen-bond acceptors (Lipinski definition) is 8. The molecule has 2 saturated carbocycles. The molecule has 1 aromatic heterocycles. The number of anilines is 1. The molecular weight excluding hydrogens is 798 g/mol. The van der Waals surface area contributed by atoms with E-state index in [1.807, 2.05) is 28.9 Å². The Balaban J connectivity index is 0.708. The van der Waals surface area contributed by atoms with E-state index >= 15 is 0 Å². The fourth-order valence-electron chi connectivity index (χ4n) is 11.3. The van der Waals surface area contributed by atoms with Crippen molar-refractivity contribution in [3.8, 4) is 29.2 Å². The zero-order chi connectivity index (χ0) is 42.9. The van der Waals surface area contributed by atoms with Gasteiger partial charge in [-0.25, -0.2) is 0 Å². The molecule has 6 aliphatic rings. The quantitative estimate of drug-likeness (QED) is 0.158. The van der Waals surface area contributed by atoms with E-state index in [2.05, 4.69) is 71.1 Å². The molecule has 62 heavy (non-hydrogen) atoms. The number of halogens is 1. The molecule has 2 aliphatic carbocycles. The number of carbonyl (C=O) groups is 4. The van der Waals surface area contributed by atoms with Crippen LogP contribution in [0.3, 0.4) is 0 Å². The first-order valence-corrected chi connectivity index (χ1v) is 22.6. The van der Waals surface area contributed by atoms with Gasteiger partial charge < -0.3 is 4.90 Å². The lowest BCUT2D eigenvalue weighted by molar-refractivity contribution is -0.136. The smallest absolute Gasteiger partial charge is 0.264 e. The lowest BCUT2D eigenvalue weighted by Gasteiger charge is -2.48. The molecule has 10 rings (SSSR count). The van der Waals surface area contributed by atoms with E-state index in [-0.39, 0.29) is 18.7 Å². The van der Waals surface area contributed by atoms with E-state index in [4.69, 9.17) is 16.7 Å². The Labute approximate surface area is 367 Å². The van der Waals surface area contributed by atoms with Crippen LogP contribution in [0.25, 0.3) is 11.3 Å². The molecule has 316 valence electrons. The second-order valence-electron chi connectivity index (χ2n) is 18.5. The molecule has 11 nitrogen and oxygen atoms in total. The summed E-state index contributed by atoms with van der Waals surface area (Å²) in [6.07, 6.45) is 8.36. The second-order valence-corrected chi connectivity index (χ2v) is 18.9. The fraction of sp³-hybridized carbons (Fsp3) is 0.440. The Morgan fingerprint density at radius 2 is 1.65 bits per heavy atom. The number of aromatic nitrogens is 2. The van der Waals surface area contributed by atoms with Gasteiger partial charge in [0, 0.05) is 48.3 Å². The van der Waals surface area contributed by atoms with Crippen LogP contribution in [0.1, 0.15) is 106 Å². The molecule has 4 aliphatic heterocycles. The number of benzene rings is 3. The minimum Gasteiger partial charge on any atom is -0.371 e. The molecule has 3 saturated heterocycles. The largest absolute Gasteiger partial charge is 0.371 e. The monoisotopic (exact) mass is 847 g/mol. The highest BCUT2D eigenvalue weighted by atomic mass is 35.5. The van der Waals surface area contributed by atoms with E-state index in [1.165, 1.54) is 32.1 Å². The van der Waals surface area contributed by atoms with Crippen molar-refractivity contribution >= 4 is 40.9 Å². The van der Waals surface area contributed by atoms with Crippen molar-refractivity contribution in [3.05, 3.63) is 105 Å². The number of nitrogens with zero attached hydrogens (tertiary/aromatic N) is 6. The number of likely N-dealkylation sites (tertiary alicyclic amines) is 1. The van der Waals surface area contributed by atoms with Gasteiger partial charge in [-0.2, -0.15) is 10.4 Å². The Morgan fingerprint density at radius 3 is 2.37 bits per heavy atom. The van der Waals surface area contributed by atoms with Crippen molar-refractivity contribution in [3.63, 3.8) is 0 Å². The van der Waals surface area contributed by atoms with Crippen molar-refractivity contribution in [2.75, 3.05) is 31.1 Å². The molecule has 5 heterocycles. The summed E-state index contributed by atoms with van der Waals surface area (Å²) >= 11 is 6.33. The van der Waals surface area contributed by atoms with Gasteiger partial charge >= 0.3 is 0 Å². The average Bonchev–Trinajstić information content (AvgIpc) is 3.85. The van der Waals surface area contributed by atoms with Crippen LogP contribution in [-0.4, -0.2) is 81.5 Å². The van der Waals surface area contributed by atoms with Crippen molar-refractivity contribution in [2.45, 2.75) is 90.3 Å². The lowest BCUT2D eigenvalue weighted by Crippen LogP contribution is -2.54. The maximum absolute atomic E-state index is 13.7. The summed E-state index contributed by atoms with van der Waals surface area (Å²) in [5, 5.41) is 16.9. The first-order chi connectivity index (χ1) is 30.0. The predicted molar refractivity (Wildman–Crippen MR) is 235 cm³/mol. The van der Waals surface area contributed by atoms with Crippen LogP contribution in [0, 0.1) is 60.2 Å². The Kier molecular flexibility index (Phi) is 10.3. The van der Waals surface area contributed by atoms with Gasteiger partial charge in [-0.15, -0.1) is 0 Å². The number of nitrogens with one attached hydrogen (secondary N) is 1. The highest BCUT2D eigenvalue weighted by molar-refractivity contribution is 6.32. The second kappa shape index (κ2) is 15.9. The molecule has 5 fully saturated rings. The predicted octanol–water partition coefficient (Wildman–Crippen LogP) is 7.29. The summed E-state index contributed by atoms with van der Waals surface area (Å²) in [4.78, 5) is 57.7. The zero-order valence-corrected chi connectivity index (χ0v) is 36.0. The minimum absolute atomic E-state index is 0.106. The van der Waals surface area contributed by atoms with Crippen LogP contribution < -0.4 is 10.2 Å². The van der Waals surface area contributed by atoms with Gasteiger partial charge in [0.05, 0.1) is 39.6 Å². The third-order valence-corrected chi connectivity index (χ3v) is 15.5. The summed E-state index contributed by atoms with van der Waals surface area (Å²) in [7, 11) is 0. The van der Waals surface area contributed by atoms with Crippen molar-refractivity contribution in [2.24, 2.45) is 23.2 Å². The van der Waals surface area contributed by atoms with Gasteiger partial charge in [0.15, 0.2) is 0 Å². The normalized spacial score (nSPS) is 25.5. The highest BCUT2D eigenvalue weighted by Gasteiger charge is 2.56. The van der Waals surface area contributed by atoms with Crippen LogP contribution in [0.15, 0.2) is 60.7 Å². The molecule has 3 unspecified atom stereocenters. The molecule has 4 aromatic rings. The number of rotatable bonds is 6. The number of amides is 4.